The molecule has 0 unspecified atom stereocenters. The van der Waals surface area contributed by atoms with Gasteiger partial charge < -0.3 is 15.0 Å². The number of nitrogens with zero attached hydrogens (tertiary/aromatic N) is 2. The van der Waals surface area contributed by atoms with Crippen molar-refractivity contribution < 1.29 is 9.90 Å². The van der Waals surface area contributed by atoms with Crippen LogP contribution in [0.25, 0.3) is 0 Å². The van der Waals surface area contributed by atoms with Gasteiger partial charge in [0.2, 0.25) is 0 Å². The molecule has 6 heteroatoms. The molecule has 1 aromatic carbocycles. The molecular weight excluding hydrogens is 258 g/mol. The zero-order chi connectivity index (χ0) is 14.5. The summed E-state index contributed by atoms with van der Waals surface area (Å²) >= 11 is 0. The Kier molecular flexibility index (Phi) is 4.14. The molecule has 0 aliphatic heterocycles. The molecule has 0 bridgehead atoms. The Bertz CT molecular complexity index is 666. The van der Waals surface area contributed by atoms with E-state index in [0.717, 1.165) is 5.56 Å². The van der Waals surface area contributed by atoms with Crippen LogP contribution in [-0.4, -0.2) is 34.6 Å². The Morgan fingerprint density at radius 3 is 2.85 bits per heavy atom. The van der Waals surface area contributed by atoms with Crippen molar-refractivity contribution in [2.45, 2.75) is 6.42 Å². The normalized spacial score (nSPS) is 10.2. The lowest BCUT2D eigenvalue weighted by Gasteiger charge is -2.18. The van der Waals surface area contributed by atoms with E-state index in [-0.39, 0.29) is 5.56 Å². The summed E-state index contributed by atoms with van der Waals surface area (Å²) in [5.74, 6) is -0.376. The highest BCUT2D eigenvalue weighted by Gasteiger charge is 2.10. The second kappa shape index (κ2) is 6.01. The largest absolute Gasteiger partial charge is 0.478 e. The summed E-state index contributed by atoms with van der Waals surface area (Å²) in [5.41, 5.74) is 0.851. The molecule has 1 heterocycles. The maximum atomic E-state index is 11.2. The topological polar surface area (TPSA) is 86.3 Å². The van der Waals surface area contributed by atoms with E-state index in [1.165, 1.54) is 12.4 Å². The lowest BCUT2D eigenvalue weighted by atomic mass is 10.0. The first-order valence-electron chi connectivity index (χ1n) is 6.15. The molecule has 0 aliphatic rings. The third kappa shape index (κ3) is 3.23. The molecule has 0 atom stereocenters. The fraction of sp³-hybridized carbons (Fsp3) is 0.214. The van der Waals surface area contributed by atoms with Crippen LogP contribution >= 0.6 is 0 Å². The van der Waals surface area contributed by atoms with Gasteiger partial charge in [-0.05, 0) is 18.1 Å². The van der Waals surface area contributed by atoms with E-state index < -0.39 is 5.97 Å². The predicted octanol–water partition coefficient (Wildman–Crippen LogP) is 1.15. The van der Waals surface area contributed by atoms with Crippen LogP contribution in [0.5, 0.6) is 0 Å². The Morgan fingerprint density at radius 1 is 1.40 bits per heavy atom. The zero-order valence-corrected chi connectivity index (χ0v) is 11.0. The molecule has 0 saturated carbocycles. The maximum absolute atomic E-state index is 11.2. The van der Waals surface area contributed by atoms with Crippen molar-refractivity contribution in [1.29, 1.82) is 0 Å². The molecular formula is C14H15N3O3. The number of hydrogen-bond donors (Lipinski definition) is 2. The first-order chi connectivity index (χ1) is 9.58. The van der Waals surface area contributed by atoms with Crippen molar-refractivity contribution in [3.05, 3.63) is 58.1 Å². The van der Waals surface area contributed by atoms with Crippen LogP contribution in [0, 0.1) is 0 Å². The smallest absolute Gasteiger partial charge is 0.335 e. The monoisotopic (exact) mass is 273 g/mol. The highest BCUT2D eigenvalue weighted by atomic mass is 16.4. The molecule has 0 spiro atoms. The van der Waals surface area contributed by atoms with Gasteiger partial charge in [0.15, 0.2) is 0 Å². The quantitative estimate of drug-likeness (QED) is 0.853. The van der Waals surface area contributed by atoms with Gasteiger partial charge >= 0.3 is 5.97 Å². The number of carbonyl (C=O) groups is 1. The fourth-order valence-electron chi connectivity index (χ4n) is 1.92. The van der Waals surface area contributed by atoms with E-state index in [9.17, 15) is 9.59 Å². The number of aromatic amines is 1. The van der Waals surface area contributed by atoms with Gasteiger partial charge in [0, 0.05) is 19.7 Å². The number of anilines is 1. The van der Waals surface area contributed by atoms with Crippen molar-refractivity contribution in [1.82, 2.24) is 9.97 Å². The standard InChI is InChI=1S/C14H15N3O3/c1-17(12-8-13(18)16-9-15-12)7-6-10-4-2-3-5-11(10)14(19)20/h2-5,8-9H,6-7H2,1H3,(H,19,20)(H,15,16,18). The highest BCUT2D eigenvalue weighted by molar-refractivity contribution is 5.89. The van der Waals surface area contributed by atoms with E-state index in [4.69, 9.17) is 5.11 Å². The molecule has 6 nitrogen and oxygen atoms in total. The molecule has 2 aromatic rings. The zero-order valence-electron chi connectivity index (χ0n) is 11.0. The SMILES string of the molecule is CN(CCc1ccccc1C(=O)O)c1cc(=O)[nH]cn1. The van der Waals surface area contributed by atoms with E-state index in [2.05, 4.69) is 9.97 Å². The Morgan fingerprint density at radius 2 is 2.15 bits per heavy atom. The summed E-state index contributed by atoms with van der Waals surface area (Å²) in [6, 6.07) is 8.30. The number of carboxylic acids is 1. The molecule has 0 radical (unpaired) electrons. The van der Waals surface area contributed by atoms with Crippen LogP contribution < -0.4 is 10.5 Å². The molecule has 2 rings (SSSR count). The van der Waals surface area contributed by atoms with Crippen LogP contribution in [0.1, 0.15) is 15.9 Å². The highest BCUT2D eigenvalue weighted by Crippen LogP contribution is 2.11. The maximum Gasteiger partial charge on any atom is 0.335 e. The van der Waals surface area contributed by atoms with Gasteiger partial charge in [0.25, 0.3) is 5.56 Å². The molecule has 20 heavy (non-hydrogen) atoms. The van der Waals surface area contributed by atoms with E-state index in [1.807, 2.05) is 18.0 Å². The van der Waals surface area contributed by atoms with E-state index in [1.54, 1.807) is 18.2 Å². The number of aromatic carboxylic acids is 1. The first kappa shape index (κ1) is 13.8. The van der Waals surface area contributed by atoms with E-state index in [0.29, 0.717) is 24.3 Å². The minimum absolute atomic E-state index is 0.215. The van der Waals surface area contributed by atoms with Crippen molar-refractivity contribution in [3.8, 4) is 0 Å². The van der Waals surface area contributed by atoms with Crippen LogP contribution in [0.15, 0.2) is 41.5 Å². The fourth-order valence-corrected chi connectivity index (χ4v) is 1.92. The van der Waals surface area contributed by atoms with Gasteiger partial charge in [0.1, 0.15) is 5.82 Å². The van der Waals surface area contributed by atoms with Crippen molar-refractivity contribution in [2.75, 3.05) is 18.5 Å². The van der Waals surface area contributed by atoms with Gasteiger partial charge in [-0.3, -0.25) is 4.79 Å². The Hall–Kier alpha value is -2.63. The first-order valence-corrected chi connectivity index (χ1v) is 6.15. The molecule has 0 amide bonds. The summed E-state index contributed by atoms with van der Waals surface area (Å²) < 4.78 is 0. The van der Waals surface area contributed by atoms with Gasteiger partial charge in [-0.25, -0.2) is 9.78 Å². The number of carboxylic acid groups (broad SMARTS) is 1. The molecule has 1 aromatic heterocycles. The minimum atomic E-state index is -0.933. The number of nitrogens with one attached hydrogen (secondary N) is 1. The van der Waals surface area contributed by atoms with Gasteiger partial charge in [-0.15, -0.1) is 0 Å². The number of aromatic nitrogens is 2. The third-order valence-electron chi connectivity index (χ3n) is 3.02. The summed E-state index contributed by atoms with van der Waals surface area (Å²) in [5, 5.41) is 9.11. The van der Waals surface area contributed by atoms with E-state index >= 15 is 0 Å². The minimum Gasteiger partial charge on any atom is -0.478 e. The molecule has 0 saturated heterocycles. The molecule has 104 valence electrons. The number of benzene rings is 1. The van der Waals surface area contributed by atoms with Crippen molar-refractivity contribution in [2.24, 2.45) is 0 Å². The number of hydrogen-bond acceptors (Lipinski definition) is 4. The average molecular weight is 273 g/mol. The van der Waals surface area contributed by atoms with Crippen molar-refractivity contribution in [3.63, 3.8) is 0 Å². The lowest BCUT2D eigenvalue weighted by molar-refractivity contribution is 0.0695. The summed E-state index contributed by atoms with van der Waals surface area (Å²) in [7, 11) is 1.81. The van der Waals surface area contributed by atoms with Crippen LogP contribution in [-0.2, 0) is 6.42 Å². The van der Waals surface area contributed by atoms with Gasteiger partial charge in [-0.2, -0.15) is 0 Å². The van der Waals surface area contributed by atoms with Crippen molar-refractivity contribution >= 4 is 11.8 Å². The molecule has 0 fully saturated rings. The Balaban J connectivity index is 2.09. The summed E-state index contributed by atoms with van der Waals surface area (Å²) in [6.45, 7) is 0.570. The number of likely N-dealkylation sites (N-methyl/N-ethyl adjacent to an activating group) is 1. The number of H-pyrrole nitrogens is 1. The Labute approximate surface area is 115 Å². The lowest BCUT2D eigenvalue weighted by Crippen LogP contribution is -2.23. The average Bonchev–Trinajstić information content (AvgIpc) is 2.45. The van der Waals surface area contributed by atoms with Gasteiger partial charge in [0.05, 0.1) is 11.9 Å². The molecule has 2 N–H and O–H groups in total. The van der Waals surface area contributed by atoms with Crippen LogP contribution in [0.3, 0.4) is 0 Å². The predicted molar refractivity (Wildman–Crippen MR) is 75.2 cm³/mol. The third-order valence-corrected chi connectivity index (χ3v) is 3.02. The van der Waals surface area contributed by atoms with Crippen LogP contribution in [0.2, 0.25) is 0 Å². The molecule has 0 aliphatic carbocycles. The second-order valence-electron chi connectivity index (χ2n) is 4.40. The van der Waals surface area contributed by atoms with Crippen LogP contribution in [0.4, 0.5) is 5.82 Å². The van der Waals surface area contributed by atoms with Gasteiger partial charge in [-0.1, -0.05) is 18.2 Å². The number of rotatable bonds is 5. The summed E-state index contributed by atoms with van der Waals surface area (Å²) in [4.78, 5) is 30.7. The summed E-state index contributed by atoms with van der Waals surface area (Å²) in [6.07, 6.45) is 1.91. The second-order valence-corrected chi connectivity index (χ2v) is 4.40.